The predicted octanol–water partition coefficient (Wildman–Crippen LogP) is 4.56. The van der Waals surface area contributed by atoms with Crippen molar-refractivity contribution in [1.29, 1.82) is 0 Å². The molecule has 1 aromatic carbocycles. The van der Waals surface area contributed by atoms with Gasteiger partial charge in [0.25, 0.3) is 0 Å². The quantitative estimate of drug-likeness (QED) is 0.362. The fraction of sp³-hybridized carbons (Fsp3) is 0.0435. The van der Waals surface area contributed by atoms with E-state index in [1.54, 1.807) is 24.5 Å². The molecule has 0 atom stereocenters. The van der Waals surface area contributed by atoms with Gasteiger partial charge in [-0.1, -0.05) is 12.1 Å². The second-order valence-corrected chi connectivity index (χ2v) is 6.55. The fourth-order valence-corrected chi connectivity index (χ4v) is 3.13. The summed E-state index contributed by atoms with van der Waals surface area (Å²) in [6.45, 7) is -0.126. The zero-order valence-electron chi connectivity index (χ0n) is 15.8. The van der Waals surface area contributed by atoms with Crippen LogP contribution in [0.2, 0.25) is 0 Å². The van der Waals surface area contributed by atoms with Crippen LogP contribution in [0.25, 0.3) is 33.9 Å². The summed E-state index contributed by atoms with van der Waals surface area (Å²) in [5.41, 5.74) is 4.66. The Morgan fingerprint density at radius 1 is 0.800 bits per heavy atom. The normalized spacial score (nSPS) is 10.7. The third kappa shape index (κ3) is 4.22. The van der Waals surface area contributed by atoms with E-state index in [0.29, 0.717) is 33.9 Å². The van der Waals surface area contributed by atoms with E-state index in [2.05, 4.69) is 14.9 Å². The first-order valence-corrected chi connectivity index (χ1v) is 9.13. The summed E-state index contributed by atoms with van der Waals surface area (Å²) in [5, 5.41) is 18.3. The number of benzene rings is 1. The van der Waals surface area contributed by atoms with Crippen LogP contribution < -0.4 is 0 Å². The summed E-state index contributed by atoms with van der Waals surface area (Å²) >= 11 is 0. The van der Waals surface area contributed by atoms with Gasteiger partial charge in [-0.3, -0.25) is 15.2 Å². The molecule has 4 aromatic rings. The van der Waals surface area contributed by atoms with E-state index in [-0.39, 0.29) is 12.2 Å². The molecule has 0 amide bonds. The highest BCUT2D eigenvalue weighted by Crippen LogP contribution is 2.30. The lowest BCUT2D eigenvalue weighted by atomic mass is 9.98. The van der Waals surface area contributed by atoms with Crippen molar-refractivity contribution in [2.45, 2.75) is 6.61 Å². The minimum absolute atomic E-state index is 0.0927. The van der Waals surface area contributed by atoms with Crippen molar-refractivity contribution >= 4 is 5.97 Å². The highest BCUT2D eigenvalue weighted by atomic mass is 17.1. The molecule has 4 rings (SSSR count). The van der Waals surface area contributed by atoms with E-state index >= 15 is 0 Å². The van der Waals surface area contributed by atoms with Crippen LogP contribution in [-0.4, -0.2) is 31.3 Å². The number of nitrogens with zero attached hydrogens (tertiary/aromatic N) is 3. The van der Waals surface area contributed by atoms with Crippen LogP contribution in [0.5, 0.6) is 0 Å². The smallest absolute Gasteiger partial charge is 0.335 e. The molecule has 3 aromatic heterocycles. The second-order valence-electron chi connectivity index (χ2n) is 6.55. The molecule has 0 aliphatic carbocycles. The van der Waals surface area contributed by atoms with Crippen molar-refractivity contribution in [1.82, 2.24) is 15.0 Å². The van der Waals surface area contributed by atoms with Crippen LogP contribution in [0.3, 0.4) is 0 Å². The number of hydrogen-bond acceptors (Lipinski definition) is 6. The SMILES string of the molecule is O=C(O)c1cc(COO)cc(-c2cc(-c3ccccn3)nc(-c3ccccn3)c2)c1. The van der Waals surface area contributed by atoms with E-state index in [0.717, 1.165) is 5.56 Å². The summed E-state index contributed by atoms with van der Waals surface area (Å²) in [4.78, 5) is 29.3. The molecule has 0 saturated carbocycles. The Labute approximate surface area is 172 Å². The molecule has 3 heterocycles. The first kappa shape index (κ1) is 19.4. The van der Waals surface area contributed by atoms with Gasteiger partial charge in [0.2, 0.25) is 0 Å². The second kappa shape index (κ2) is 8.60. The number of aromatic nitrogens is 3. The highest BCUT2D eigenvalue weighted by Gasteiger charge is 2.13. The minimum Gasteiger partial charge on any atom is -0.478 e. The first-order chi connectivity index (χ1) is 14.6. The maximum absolute atomic E-state index is 11.6. The molecule has 0 fully saturated rings. The van der Waals surface area contributed by atoms with Crippen molar-refractivity contribution in [2.24, 2.45) is 0 Å². The van der Waals surface area contributed by atoms with Crippen LogP contribution in [0.15, 0.2) is 79.1 Å². The van der Waals surface area contributed by atoms with Gasteiger partial charge < -0.3 is 5.11 Å². The molecule has 7 heteroatoms. The molecule has 0 aliphatic heterocycles. The van der Waals surface area contributed by atoms with Gasteiger partial charge in [-0.15, -0.1) is 0 Å². The van der Waals surface area contributed by atoms with Gasteiger partial charge in [0.05, 0.1) is 28.3 Å². The number of aromatic carboxylic acids is 1. The third-order valence-corrected chi connectivity index (χ3v) is 4.48. The van der Waals surface area contributed by atoms with E-state index in [4.69, 9.17) is 10.2 Å². The van der Waals surface area contributed by atoms with Crippen LogP contribution in [0.1, 0.15) is 15.9 Å². The fourth-order valence-electron chi connectivity index (χ4n) is 3.13. The molecule has 148 valence electrons. The molecule has 2 N–H and O–H groups in total. The third-order valence-electron chi connectivity index (χ3n) is 4.48. The number of carboxylic acids is 1. The van der Waals surface area contributed by atoms with Gasteiger partial charge >= 0.3 is 5.97 Å². The van der Waals surface area contributed by atoms with Crippen molar-refractivity contribution in [2.75, 3.05) is 0 Å². The van der Waals surface area contributed by atoms with E-state index in [1.807, 2.05) is 48.5 Å². The minimum atomic E-state index is -1.07. The van der Waals surface area contributed by atoms with Crippen molar-refractivity contribution in [3.05, 3.63) is 90.3 Å². The van der Waals surface area contributed by atoms with Gasteiger partial charge in [-0.25, -0.2) is 14.7 Å². The van der Waals surface area contributed by atoms with Crippen LogP contribution in [-0.2, 0) is 11.5 Å². The monoisotopic (exact) mass is 399 g/mol. The Hall–Kier alpha value is -3.94. The molecule has 0 aliphatic rings. The Morgan fingerprint density at radius 3 is 1.90 bits per heavy atom. The maximum atomic E-state index is 11.6. The standard InChI is InChI=1S/C23H17N3O4/c27-23(28)18-10-15(14-30-29)9-16(11-18)17-12-21(19-5-1-3-7-24-19)26-22(13-17)20-6-2-4-8-25-20/h1-13,29H,14H2,(H,27,28). The largest absolute Gasteiger partial charge is 0.478 e. The molecule has 7 nitrogen and oxygen atoms in total. The lowest BCUT2D eigenvalue weighted by Crippen LogP contribution is -2.00. The molecule has 0 spiro atoms. The Morgan fingerprint density at radius 2 is 1.40 bits per heavy atom. The van der Waals surface area contributed by atoms with Gasteiger partial charge in [-0.05, 0) is 71.3 Å². The molecule has 0 bridgehead atoms. The summed E-state index contributed by atoms with van der Waals surface area (Å²) in [5.74, 6) is -1.07. The summed E-state index contributed by atoms with van der Waals surface area (Å²) in [7, 11) is 0. The molecular formula is C23H17N3O4. The number of rotatable bonds is 6. The number of pyridine rings is 3. The predicted molar refractivity (Wildman–Crippen MR) is 111 cm³/mol. The van der Waals surface area contributed by atoms with Crippen molar-refractivity contribution in [3.63, 3.8) is 0 Å². The Kier molecular flexibility index (Phi) is 5.56. The number of carboxylic acid groups (broad SMARTS) is 1. The maximum Gasteiger partial charge on any atom is 0.335 e. The summed E-state index contributed by atoms with van der Waals surface area (Å²) < 4.78 is 0. The average molecular weight is 399 g/mol. The zero-order valence-corrected chi connectivity index (χ0v) is 15.8. The number of hydrogen-bond donors (Lipinski definition) is 2. The van der Waals surface area contributed by atoms with E-state index in [1.165, 1.54) is 6.07 Å². The number of carbonyl (C=O) groups is 1. The molecule has 0 unspecified atom stereocenters. The molecule has 0 saturated heterocycles. The summed E-state index contributed by atoms with van der Waals surface area (Å²) in [6, 6.07) is 19.6. The van der Waals surface area contributed by atoms with Crippen molar-refractivity contribution in [3.8, 4) is 33.9 Å². The highest BCUT2D eigenvalue weighted by molar-refractivity contribution is 5.90. The van der Waals surface area contributed by atoms with Crippen LogP contribution >= 0.6 is 0 Å². The lowest BCUT2D eigenvalue weighted by Gasteiger charge is -2.11. The first-order valence-electron chi connectivity index (χ1n) is 9.13. The zero-order chi connectivity index (χ0) is 20.9. The van der Waals surface area contributed by atoms with Gasteiger partial charge in [0.15, 0.2) is 0 Å². The lowest BCUT2D eigenvalue weighted by molar-refractivity contribution is -0.253. The van der Waals surface area contributed by atoms with Gasteiger partial charge in [0, 0.05) is 12.4 Å². The molecule has 0 radical (unpaired) electrons. The average Bonchev–Trinajstić information content (AvgIpc) is 2.80. The van der Waals surface area contributed by atoms with E-state index < -0.39 is 5.97 Å². The van der Waals surface area contributed by atoms with Crippen LogP contribution in [0.4, 0.5) is 0 Å². The molecule has 30 heavy (non-hydrogen) atoms. The van der Waals surface area contributed by atoms with Crippen molar-refractivity contribution < 1.29 is 20.0 Å². The van der Waals surface area contributed by atoms with Crippen LogP contribution in [0, 0.1) is 0 Å². The summed E-state index contributed by atoms with van der Waals surface area (Å²) in [6.07, 6.45) is 3.37. The van der Waals surface area contributed by atoms with Gasteiger partial charge in [0.1, 0.15) is 6.61 Å². The molecular weight excluding hydrogens is 382 g/mol. The van der Waals surface area contributed by atoms with Gasteiger partial charge in [-0.2, -0.15) is 0 Å². The van der Waals surface area contributed by atoms with E-state index in [9.17, 15) is 9.90 Å². The Balaban J connectivity index is 1.92. The topological polar surface area (TPSA) is 105 Å². The Bertz CT molecular complexity index is 1120.